The summed E-state index contributed by atoms with van der Waals surface area (Å²) < 4.78 is 6.43. The minimum absolute atomic E-state index is 0. The Morgan fingerprint density at radius 1 is 1.41 bits per heavy atom. The standard InChI is InChI=1S/C15H19N3O2S.ClH/c16-14(10-5-7-20-8-6-10)15(19)17-9-13-18-11-3-1-2-4-12(11)21-13;/h1-4,10,14H,5-9,16H2,(H,17,19);1H. The highest BCUT2D eigenvalue weighted by Gasteiger charge is 2.26. The first-order chi connectivity index (χ1) is 10.2. The van der Waals surface area contributed by atoms with Gasteiger partial charge in [0.05, 0.1) is 22.8 Å². The van der Waals surface area contributed by atoms with E-state index in [2.05, 4.69) is 10.3 Å². The van der Waals surface area contributed by atoms with E-state index in [9.17, 15) is 4.79 Å². The van der Waals surface area contributed by atoms with Gasteiger partial charge in [-0.15, -0.1) is 23.7 Å². The SMILES string of the molecule is Cl.NC(C(=O)NCc1nc2ccccc2s1)C1CCOCC1. The number of carbonyl (C=O) groups is 1. The molecule has 0 bridgehead atoms. The molecule has 1 atom stereocenters. The zero-order valence-corrected chi connectivity index (χ0v) is 13.8. The molecule has 0 saturated carbocycles. The normalized spacial score (nSPS) is 17.0. The fourth-order valence-electron chi connectivity index (χ4n) is 2.57. The maximum atomic E-state index is 12.1. The highest BCUT2D eigenvalue weighted by atomic mass is 35.5. The fourth-order valence-corrected chi connectivity index (χ4v) is 3.47. The number of nitrogens with two attached hydrogens (primary N) is 1. The minimum Gasteiger partial charge on any atom is -0.381 e. The van der Waals surface area contributed by atoms with Crippen LogP contribution in [0.4, 0.5) is 0 Å². The third kappa shape index (κ3) is 3.95. The van der Waals surface area contributed by atoms with Crippen LogP contribution in [-0.2, 0) is 16.1 Å². The first-order valence-corrected chi connectivity index (χ1v) is 8.01. The van der Waals surface area contributed by atoms with Gasteiger partial charge in [0, 0.05) is 13.2 Å². The smallest absolute Gasteiger partial charge is 0.237 e. The Bertz CT molecular complexity index is 595. The summed E-state index contributed by atoms with van der Waals surface area (Å²) in [5, 5.41) is 3.81. The van der Waals surface area contributed by atoms with E-state index >= 15 is 0 Å². The van der Waals surface area contributed by atoms with Gasteiger partial charge >= 0.3 is 0 Å². The number of carbonyl (C=O) groups excluding carboxylic acids is 1. The van der Waals surface area contributed by atoms with E-state index in [1.165, 1.54) is 0 Å². The number of hydrogen-bond donors (Lipinski definition) is 2. The molecule has 0 spiro atoms. The summed E-state index contributed by atoms with van der Waals surface area (Å²) in [7, 11) is 0. The van der Waals surface area contributed by atoms with Crippen molar-refractivity contribution in [1.29, 1.82) is 0 Å². The third-order valence-electron chi connectivity index (χ3n) is 3.83. The summed E-state index contributed by atoms with van der Waals surface area (Å²) in [5.74, 6) is 0.121. The van der Waals surface area contributed by atoms with Gasteiger partial charge in [-0.25, -0.2) is 4.98 Å². The summed E-state index contributed by atoms with van der Waals surface area (Å²) in [6.07, 6.45) is 1.71. The maximum Gasteiger partial charge on any atom is 0.237 e. The van der Waals surface area contributed by atoms with E-state index in [-0.39, 0.29) is 24.2 Å². The Morgan fingerprint density at radius 3 is 2.86 bits per heavy atom. The number of nitrogens with one attached hydrogen (secondary N) is 1. The van der Waals surface area contributed by atoms with E-state index in [1.54, 1.807) is 11.3 Å². The van der Waals surface area contributed by atoms with Gasteiger partial charge in [0.1, 0.15) is 5.01 Å². The predicted octanol–water partition coefficient (Wildman–Crippen LogP) is 2.09. The number of hydrogen-bond acceptors (Lipinski definition) is 5. The summed E-state index contributed by atoms with van der Waals surface area (Å²) in [6, 6.07) is 7.51. The molecule has 7 heteroatoms. The monoisotopic (exact) mass is 341 g/mol. The zero-order valence-electron chi connectivity index (χ0n) is 12.2. The van der Waals surface area contributed by atoms with Crippen molar-refractivity contribution in [3.8, 4) is 0 Å². The molecule has 0 radical (unpaired) electrons. The second kappa shape index (κ2) is 7.87. The third-order valence-corrected chi connectivity index (χ3v) is 4.86. The van der Waals surface area contributed by atoms with Crippen molar-refractivity contribution in [3.63, 3.8) is 0 Å². The van der Waals surface area contributed by atoms with Gasteiger partial charge in [0.2, 0.25) is 5.91 Å². The Labute approximate surface area is 139 Å². The number of thiazole rings is 1. The molecule has 1 fully saturated rings. The first kappa shape index (κ1) is 17.1. The molecule has 1 amide bonds. The van der Waals surface area contributed by atoms with Gasteiger partial charge in [-0.1, -0.05) is 12.1 Å². The lowest BCUT2D eigenvalue weighted by molar-refractivity contribution is -0.124. The number of rotatable bonds is 4. The molecule has 3 N–H and O–H groups in total. The first-order valence-electron chi connectivity index (χ1n) is 7.19. The zero-order chi connectivity index (χ0) is 14.7. The number of halogens is 1. The van der Waals surface area contributed by atoms with Crippen molar-refractivity contribution in [2.45, 2.75) is 25.4 Å². The van der Waals surface area contributed by atoms with E-state index in [4.69, 9.17) is 10.5 Å². The van der Waals surface area contributed by atoms with Crippen LogP contribution in [0.15, 0.2) is 24.3 Å². The van der Waals surface area contributed by atoms with Crippen LogP contribution < -0.4 is 11.1 Å². The average Bonchev–Trinajstić information content (AvgIpc) is 2.95. The molecule has 1 aromatic heterocycles. The number of aromatic nitrogens is 1. The topological polar surface area (TPSA) is 77.2 Å². The Kier molecular flexibility index (Phi) is 6.14. The van der Waals surface area contributed by atoms with Crippen LogP contribution in [0.3, 0.4) is 0 Å². The fraction of sp³-hybridized carbons (Fsp3) is 0.467. The van der Waals surface area contributed by atoms with Gasteiger partial charge < -0.3 is 15.8 Å². The summed E-state index contributed by atoms with van der Waals surface area (Å²) in [5.41, 5.74) is 7.02. The van der Waals surface area contributed by atoms with Crippen LogP contribution in [0.1, 0.15) is 17.8 Å². The molecular weight excluding hydrogens is 322 g/mol. The quantitative estimate of drug-likeness (QED) is 0.892. The predicted molar refractivity (Wildman–Crippen MR) is 90.2 cm³/mol. The highest BCUT2D eigenvalue weighted by molar-refractivity contribution is 7.18. The lowest BCUT2D eigenvalue weighted by atomic mass is 9.92. The van der Waals surface area contributed by atoms with Crippen LogP contribution >= 0.6 is 23.7 Å². The van der Waals surface area contributed by atoms with Crippen molar-refractivity contribution in [3.05, 3.63) is 29.3 Å². The molecule has 1 unspecified atom stereocenters. The number of nitrogens with zero attached hydrogens (tertiary/aromatic N) is 1. The van der Waals surface area contributed by atoms with Crippen molar-refractivity contribution >= 4 is 39.9 Å². The lowest BCUT2D eigenvalue weighted by Crippen LogP contribution is -2.46. The van der Waals surface area contributed by atoms with Crippen molar-refractivity contribution < 1.29 is 9.53 Å². The van der Waals surface area contributed by atoms with Crippen molar-refractivity contribution in [2.75, 3.05) is 13.2 Å². The number of benzene rings is 1. The Balaban J connectivity index is 0.00000176. The molecule has 1 aromatic carbocycles. The van der Waals surface area contributed by atoms with E-state index in [0.29, 0.717) is 19.8 Å². The number of ether oxygens (including phenoxy) is 1. The van der Waals surface area contributed by atoms with Gasteiger partial charge in [-0.05, 0) is 30.9 Å². The molecular formula is C15H20ClN3O2S. The van der Waals surface area contributed by atoms with Crippen molar-refractivity contribution in [2.24, 2.45) is 11.7 Å². The number of amides is 1. The highest BCUT2D eigenvalue weighted by Crippen LogP contribution is 2.21. The average molecular weight is 342 g/mol. The minimum atomic E-state index is -0.455. The molecule has 3 rings (SSSR count). The molecule has 120 valence electrons. The molecule has 5 nitrogen and oxygen atoms in total. The van der Waals surface area contributed by atoms with E-state index in [0.717, 1.165) is 28.1 Å². The Hall–Kier alpha value is -1.21. The van der Waals surface area contributed by atoms with E-state index in [1.807, 2.05) is 24.3 Å². The molecule has 1 aliphatic rings. The molecule has 1 saturated heterocycles. The maximum absolute atomic E-state index is 12.1. The van der Waals surface area contributed by atoms with Gasteiger partial charge in [0.25, 0.3) is 0 Å². The van der Waals surface area contributed by atoms with Crippen LogP contribution in [0.2, 0.25) is 0 Å². The van der Waals surface area contributed by atoms with Crippen LogP contribution in [0.5, 0.6) is 0 Å². The van der Waals surface area contributed by atoms with Crippen LogP contribution in [-0.4, -0.2) is 30.1 Å². The molecule has 22 heavy (non-hydrogen) atoms. The number of fused-ring (bicyclic) bond motifs is 1. The van der Waals surface area contributed by atoms with E-state index < -0.39 is 6.04 Å². The van der Waals surface area contributed by atoms with Crippen LogP contribution in [0.25, 0.3) is 10.2 Å². The second-order valence-electron chi connectivity index (χ2n) is 5.27. The van der Waals surface area contributed by atoms with Gasteiger partial charge in [-0.3, -0.25) is 4.79 Å². The summed E-state index contributed by atoms with van der Waals surface area (Å²) in [6.45, 7) is 1.84. The van der Waals surface area contributed by atoms with Gasteiger partial charge in [-0.2, -0.15) is 0 Å². The lowest BCUT2D eigenvalue weighted by Gasteiger charge is -2.26. The summed E-state index contributed by atoms with van der Waals surface area (Å²) in [4.78, 5) is 16.6. The summed E-state index contributed by atoms with van der Waals surface area (Å²) >= 11 is 1.60. The second-order valence-corrected chi connectivity index (χ2v) is 6.38. The number of para-hydroxylation sites is 1. The van der Waals surface area contributed by atoms with Crippen molar-refractivity contribution in [1.82, 2.24) is 10.3 Å². The van der Waals surface area contributed by atoms with Crippen LogP contribution in [0, 0.1) is 5.92 Å². The molecule has 2 aromatic rings. The molecule has 2 heterocycles. The van der Waals surface area contributed by atoms with Gasteiger partial charge in [0.15, 0.2) is 0 Å². The Morgan fingerprint density at radius 2 is 2.14 bits per heavy atom. The molecule has 1 aliphatic heterocycles. The largest absolute Gasteiger partial charge is 0.381 e. The molecule has 0 aliphatic carbocycles.